The fourth-order valence-corrected chi connectivity index (χ4v) is 6.12. The SMILES string of the molecule is CN(C[C@@H]1OC(=O)N2c3ccc(-c4ccc([C@@]5(C#N)[C@@H]6CN(C=O)C[C@@H]65)nc4)cc3C[C@@H]12)C(=O)O. The zero-order valence-electron chi connectivity index (χ0n) is 19.0. The average Bonchev–Trinajstić information content (AvgIpc) is 3.22. The lowest BCUT2D eigenvalue weighted by molar-refractivity contribution is -0.117. The summed E-state index contributed by atoms with van der Waals surface area (Å²) in [7, 11) is 1.46. The molecule has 1 saturated carbocycles. The number of hydrogen-bond donors (Lipinski definition) is 1. The minimum absolute atomic E-state index is 0.113. The zero-order valence-corrected chi connectivity index (χ0v) is 19.0. The zero-order chi connectivity index (χ0) is 24.5. The third-order valence-corrected chi connectivity index (χ3v) is 8.02. The van der Waals surface area contributed by atoms with Gasteiger partial charge in [-0.15, -0.1) is 0 Å². The quantitative estimate of drug-likeness (QED) is 0.659. The molecule has 10 heteroatoms. The molecule has 2 aromatic rings. The molecule has 3 amide bonds. The van der Waals surface area contributed by atoms with Gasteiger partial charge in [0.05, 0.1) is 30.0 Å². The standard InChI is InChI=1S/C25H23N5O5/c1-28(23(32)33)11-21-20-7-16-6-14(2-4-19(16)30(20)24(34)35-21)15-3-5-22(27-8-15)25(12-26)17-9-29(13-31)10-18(17)25/h2-6,8,13,17-18,20-21H,7,9-11H2,1H3,(H,32,33)/t17-,18+,20-,21-,25+/m0/s1. The van der Waals surface area contributed by atoms with Gasteiger partial charge in [0.25, 0.3) is 0 Å². The first kappa shape index (κ1) is 21.4. The lowest BCUT2D eigenvalue weighted by atomic mass is 9.95. The monoisotopic (exact) mass is 473 g/mol. The topological polar surface area (TPSA) is 127 Å². The molecule has 4 aliphatic rings. The van der Waals surface area contributed by atoms with E-state index >= 15 is 0 Å². The van der Waals surface area contributed by atoms with Crippen molar-refractivity contribution in [1.29, 1.82) is 5.26 Å². The van der Waals surface area contributed by atoms with Gasteiger partial charge in [-0.1, -0.05) is 12.1 Å². The van der Waals surface area contributed by atoms with Crippen molar-refractivity contribution in [3.63, 3.8) is 0 Å². The Morgan fingerprint density at radius 2 is 2.06 bits per heavy atom. The number of pyridine rings is 1. The van der Waals surface area contributed by atoms with Gasteiger partial charge >= 0.3 is 12.2 Å². The van der Waals surface area contributed by atoms with Crippen LogP contribution >= 0.6 is 0 Å². The van der Waals surface area contributed by atoms with Crippen LogP contribution in [0, 0.1) is 23.2 Å². The molecule has 0 unspecified atom stereocenters. The summed E-state index contributed by atoms with van der Waals surface area (Å²) in [5.41, 5.74) is 3.77. The van der Waals surface area contributed by atoms with Crippen molar-refractivity contribution in [2.45, 2.75) is 24.0 Å². The van der Waals surface area contributed by atoms with Crippen molar-refractivity contribution in [3.05, 3.63) is 47.8 Å². The van der Waals surface area contributed by atoms with Crippen LogP contribution in [0.4, 0.5) is 15.3 Å². The maximum absolute atomic E-state index is 12.5. The second kappa shape index (κ2) is 7.43. The number of anilines is 1. The van der Waals surface area contributed by atoms with Crippen LogP contribution in [0.2, 0.25) is 0 Å². The highest BCUT2D eigenvalue weighted by atomic mass is 16.6. The van der Waals surface area contributed by atoms with E-state index in [2.05, 4.69) is 11.1 Å². The number of likely N-dealkylation sites (tertiary alicyclic amines) is 1. The number of piperidine rings is 1. The summed E-state index contributed by atoms with van der Waals surface area (Å²) in [5, 5.41) is 19.1. The minimum Gasteiger partial charge on any atom is -0.465 e. The molecule has 1 N–H and O–H groups in total. The van der Waals surface area contributed by atoms with Crippen LogP contribution in [0.15, 0.2) is 36.5 Å². The molecule has 6 rings (SSSR count). The summed E-state index contributed by atoms with van der Waals surface area (Å²) in [6.07, 6.45) is 1.14. The number of ether oxygens (including phenoxy) is 1. The number of carbonyl (C=O) groups is 3. The Morgan fingerprint density at radius 3 is 2.69 bits per heavy atom. The predicted molar refractivity (Wildman–Crippen MR) is 122 cm³/mol. The molecular formula is C25H23N5O5. The molecule has 5 atom stereocenters. The van der Waals surface area contributed by atoms with E-state index in [0.29, 0.717) is 19.5 Å². The molecule has 4 heterocycles. The van der Waals surface area contributed by atoms with Crippen LogP contribution in [0.25, 0.3) is 11.1 Å². The van der Waals surface area contributed by atoms with Crippen LogP contribution in [-0.2, 0) is 21.4 Å². The highest BCUT2D eigenvalue weighted by Gasteiger charge is 2.70. The van der Waals surface area contributed by atoms with E-state index in [9.17, 15) is 24.8 Å². The number of aromatic nitrogens is 1. The number of carboxylic acid groups (broad SMARTS) is 1. The van der Waals surface area contributed by atoms with Gasteiger partial charge in [-0.2, -0.15) is 5.26 Å². The Labute approximate surface area is 201 Å². The van der Waals surface area contributed by atoms with Crippen molar-refractivity contribution >= 4 is 24.3 Å². The fraction of sp³-hybridized carbons (Fsp3) is 0.400. The maximum Gasteiger partial charge on any atom is 0.415 e. The second-order valence-electron chi connectivity index (χ2n) is 9.76. The normalized spacial score (nSPS) is 29.7. The first-order valence-corrected chi connectivity index (χ1v) is 11.5. The summed E-state index contributed by atoms with van der Waals surface area (Å²) >= 11 is 0. The average molecular weight is 473 g/mol. The molecule has 35 heavy (non-hydrogen) atoms. The number of nitriles is 1. The lowest BCUT2D eigenvalue weighted by Gasteiger charge is -2.21. The third-order valence-electron chi connectivity index (χ3n) is 8.02. The van der Waals surface area contributed by atoms with Crippen molar-refractivity contribution in [1.82, 2.24) is 14.8 Å². The summed E-state index contributed by atoms with van der Waals surface area (Å²) < 4.78 is 5.45. The van der Waals surface area contributed by atoms with E-state index < -0.39 is 23.7 Å². The molecule has 1 aromatic heterocycles. The van der Waals surface area contributed by atoms with Gasteiger partial charge in [-0.25, -0.2) is 9.59 Å². The highest BCUT2D eigenvalue weighted by molar-refractivity contribution is 5.94. The molecule has 1 aromatic carbocycles. The van der Waals surface area contributed by atoms with Crippen LogP contribution in [0.1, 0.15) is 11.3 Å². The summed E-state index contributed by atoms with van der Waals surface area (Å²) in [5.74, 6) is 0.273. The number of likely N-dealkylation sites (N-methyl/N-ethyl adjacent to an activating group) is 1. The molecular weight excluding hydrogens is 450 g/mol. The molecule has 3 fully saturated rings. The number of hydrogen-bond acceptors (Lipinski definition) is 6. The van der Waals surface area contributed by atoms with E-state index in [-0.39, 0.29) is 24.4 Å². The Morgan fingerprint density at radius 1 is 1.31 bits per heavy atom. The molecule has 1 aliphatic carbocycles. The van der Waals surface area contributed by atoms with Crippen molar-refractivity contribution in [2.24, 2.45) is 11.8 Å². The van der Waals surface area contributed by atoms with Crippen molar-refractivity contribution in [2.75, 3.05) is 31.6 Å². The lowest BCUT2D eigenvalue weighted by Crippen LogP contribution is -2.41. The predicted octanol–water partition coefficient (Wildman–Crippen LogP) is 2.09. The maximum atomic E-state index is 12.5. The number of amides is 3. The van der Waals surface area contributed by atoms with Crippen LogP contribution in [0.5, 0.6) is 0 Å². The second-order valence-corrected chi connectivity index (χ2v) is 9.76. The molecule has 3 aliphatic heterocycles. The molecule has 178 valence electrons. The van der Waals surface area contributed by atoms with E-state index in [1.165, 1.54) is 7.05 Å². The highest BCUT2D eigenvalue weighted by Crippen LogP contribution is 2.62. The largest absolute Gasteiger partial charge is 0.465 e. The van der Waals surface area contributed by atoms with E-state index in [1.54, 1.807) is 16.0 Å². The van der Waals surface area contributed by atoms with Gasteiger partial charge in [0, 0.05) is 43.7 Å². The van der Waals surface area contributed by atoms with Gasteiger partial charge in [0.2, 0.25) is 6.41 Å². The Kier molecular flexibility index (Phi) is 4.55. The minimum atomic E-state index is -1.07. The van der Waals surface area contributed by atoms with Gasteiger partial charge in [-0.05, 0) is 35.7 Å². The first-order valence-electron chi connectivity index (χ1n) is 11.5. The van der Waals surface area contributed by atoms with Gasteiger partial charge < -0.3 is 19.6 Å². The first-order chi connectivity index (χ1) is 16.9. The fourth-order valence-electron chi connectivity index (χ4n) is 6.12. The third kappa shape index (κ3) is 3.00. The Balaban J connectivity index is 1.22. The van der Waals surface area contributed by atoms with Crippen molar-refractivity contribution < 1.29 is 24.2 Å². The summed E-state index contributed by atoms with van der Waals surface area (Å²) in [6, 6.07) is 11.9. The van der Waals surface area contributed by atoms with Crippen LogP contribution in [-0.4, -0.2) is 77.3 Å². The molecule has 10 nitrogen and oxygen atoms in total. The van der Waals surface area contributed by atoms with Crippen LogP contribution in [0.3, 0.4) is 0 Å². The Bertz CT molecular complexity index is 1280. The Hall–Kier alpha value is -4.13. The summed E-state index contributed by atoms with van der Waals surface area (Å²) in [4.78, 5) is 43.9. The number of benzene rings is 1. The van der Waals surface area contributed by atoms with E-state index in [4.69, 9.17) is 4.74 Å². The number of rotatable bonds is 5. The number of cyclic esters (lactones) is 1. The molecule has 0 bridgehead atoms. The van der Waals surface area contributed by atoms with Gasteiger partial charge in [0.1, 0.15) is 11.5 Å². The molecule has 2 saturated heterocycles. The van der Waals surface area contributed by atoms with Crippen LogP contribution < -0.4 is 4.90 Å². The number of fused-ring (bicyclic) bond motifs is 4. The molecule has 0 spiro atoms. The van der Waals surface area contributed by atoms with E-state index in [0.717, 1.165) is 39.4 Å². The van der Waals surface area contributed by atoms with Crippen molar-refractivity contribution in [3.8, 4) is 17.2 Å². The van der Waals surface area contributed by atoms with Gasteiger partial charge in [-0.3, -0.25) is 14.7 Å². The smallest absolute Gasteiger partial charge is 0.415 e. The molecule has 0 radical (unpaired) electrons. The number of carbonyl (C=O) groups excluding carboxylic acids is 2. The van der Waals surface area contributed by atoms with Gasteiger partial charge in [0.15, 0.2) is 0 Å². The van der Waals surface area contributed by atoms with E-state index in [1.807, 2.05) is 30.3 Å². The summed E-state index contributed by atoms with van der Waals surface area (Å²) in [6.45, 7) is 1.31. The number of nitrogens with zero attached hydrogens (tertiary/aromatic N) is 5.